The maximum atomic E-state index is 13.5. The Morgan fingerprint density at radius 2 is 1.89 bits per heavy atom. The van der Waals surface area contributed by atoms with Crippen LogP contribution in [0.3, 0.4) is 0 Å². The first-order chi connectivity index (χ1) is 16.1. The van der Waals surface area contributed by atoms with E-state index in [0.29, 0.717) is 18.3 Å². The number of hydrogen-bond acceptors (Lipinski definition) is 6. The first-order valence-electron chi connectivity index (χ1n) is 13.0. The van der Waals surface area contributed by atoms with Crippen molar-refractivity contribution < 1.29 is 23.8 Å². The second-order valence-corrected chi connectivity index (χ2v) is 12.6. The molecular formula is C28H44N2O5. The Labute approximate surface area is 210 Å². The number of alkyl carbamates (subject to hydrolysis) is 1. The van der Waals surface area contributed by atoms with Crippen molar-refractivity contribution in [1.29, 1.82) is 0 Å². The van der Waals surface area contributed by atoms with Crippen LogP contribution in [0.1, 0.15) is 92.0 Å². The van der Waals surface area contributed by atoms with Gasteiger partial charge in [-0.3, -0.25) is 4.98 Å². The Morgan fingerprint density at radius 3 is 2.43 bits per heavy atom. The third-order valence-corrected chi connectivity index (χ3v) is 6.55. The van der Waals surface area contributed by atoms with Gasteiger partial charge in [-0.05, 0) is 81.4 Å². The van der Waals surface area contributed by atoms with Gasteiger partial charge in [0.1, 0.15) is 5.60 Å². The summed E-state index contributed by atoms with van der Waals surface area (Å²) in [5.41, 5.74) is 1.29. The van der Waals surface area contributed by atoms with Crippen molar-refractivity contribution in [1.82, 2.24) is 10.3 Å². The van der Waals surface area contributed by atoms with Crippen LogP contribution in [-0.4, -0.2) is 40.1 Å². The van der Waals surface area contributed by atoms with Crippen LogP contribution in [0.15, 0.2) is 12.3 Å². The third-order valence-electron chi connectivity index (χ3n) is 6.55. The van der Waals surface area contributed by atoms with Crippen LogP contribution >= 0.6 is 0 Å². The Kier molecular flexibility index (Phi) is 7.90. The van der Waals surface area contributed by atoms with Crippen LogP contribution < -0.4 is 5.32 Å². The fourth-order valence-electron chi connectivity index (χ4n) is 5.47. The summed E-state index contributed by atoms with van der Waals surface area (Å²) < 4.78 is 17.7. The van der Waals surface area contributed by atoms with Crippen molar-refractivity contribution >= 4 is 12.1 Å². The average molecular weight is 489 g/mol. The zero-order chi connectivity index (χ0) is 26.2. The number of fused-ring (bicyclic) bond motifs is 1. The van der Waals surface area contributed by atoms with Crippen molar-refractivity contribution in [3.8, 4) is 0 Å². The summed E-state index contributed by atoms with van der Waals surface area (Å²) in [4.78, 5) is 31.1. The molecule has 0 spiro atoms. The molecular weight excluding hydrogens is 444 g/mol. The zero-order valence-corrected chi connectivity index (χ0v) is 23.0. The molecule has 0 saturated carbocycles. The minimum Gasteiger partial charge on any atom is -0.444 e. The Bertz CT molecular complexity index is 934. The number of nitrogens with zero attached hydrogens (tertiary/aromatic N) is 1. The number of carbonyl (C=O) groups is 2. The van der Waals surface area contributed by atoms with E-state index in [0.717, 1.165) is 25.0 Å². The molecule has 0 bridgehead atoms. The monoisotopic (exact) mass is 488 g/mol. The third kappa shape index (κ3) is 6.75. The molecule has 1 N–H and O–H groups in total. The minimum absolute atomic E-state index is 0.191. The average Bonchev–Trinajstić information content (AvgIpc) is 3.16. The van der Waals surface area contributed by atoms with Crippen molar-refractivity contribution in [3.05, 3.63) is 29.1 Å². The van der Waals surface area contributed by atoms with Gasteiger partial charge in [-0.1, -0.05) is 27.7 Å². The van der Waals surface area contributed by atoms with E-state index < -0.39 is 35.1 Å². The summed E-state index contributed by atoms with van der Waals surface area (Å²) in [6, 6.07) is 1.45. The molecule has 0 aromatic carbocycles. The lowest BCUT2D eigenvalue weighted by molar-refractivity contribution is -0.170. The Hall–Kier alpha value is -2.15. The topological polar surface area (TPSA) is 86.8 Å². The molecule has 1 aliphatic heterocycles. The maximum absolute atomic E-state index is 13.5. The molecule has 7 nitrogen and oxygen atoms in total. The second kappa shape index (κ2) is 10.1. The van der Waals surface area contributed by atoms with Gasteiger partial charge in [0.15, 0.2) is 5.60 Å². The summed E-state index contributed by atoms with van der Waals surface area (Å²) in [5.74, 6) is -0.195. The number of amides is 1. The highest BCUT2D eigenvalue weighted by atomic mass is 16.8. The molecule has 1 aromatic rings. The van der Waals surface area contributed by atoms with E-state index in [4.69, 9.17) is 19.2 Å². The van der Waals surface area contributed by atoms with Crippen molar-refractivity contribution in [2.24, 2.45) is 17.8 Å². The predicted molar refractivity (Wildman–Crippen MR) is 135 cm³/mol. The number of nitrogens with one attached hydrogen (secondary N) is 1. The fourth-order valence-corrected chi connectivity index (χ4v) is 5.47. The molecule has 196 valence electrons. The fraction of sp³-hybridized carbons (Fsp3) is 0.750. The zero-order valence-electron chi connectivity index (χ0n) is 23.0. The lowest BCUT2D eigenvalue weighted by atomic mass is 9.82. The van der Waals surface area contributed by atoms with Gasteiger partial charge >= 0.3 is 12.1 Å². The molecule has 1 saturated heterocycles. The van der Waals surface area contributed by atoms with Crippen LogP contribution in [0.2, 0.25) is 0 Å². The summed E-state index contributed by atoms with van der Waals surface area (Å²) >= 11 is 0. The lowest BCUT2D eigenvalue weighted by Crippen LogP contribution is -2.59. The van der Waals surface area contributed by atoms with Gasteiger partial charge in [-0.15, -0.1) is 0 Å². The highest BCUT2D eigenvalue weighted by Crippen LogP contribution is 2.41. The van der Waals surface area contributed by atoms with E-state index in [-0.39, 0.29) is 12.3 Å². The van der Waals surface area contributed by atoms with E-state index in [1.807, 2.05) is 27.0 Å². The second-order valence-electron chi connectivity index (χ2n) is 12.6. The number of rotatable bonds is 8. The van der Waals surface area contributed by atoms with Crippen LogP contribution in [0, 0.1) is 17.8 Å². The van der Waals surface area contributed by atoms with E-state index >= 15 is 0 Å². The van der Waals surface area contributed by atoms with E-state index in [9.17, 15) is 9.59 Å². The summed E-state index contributed by atoms with van der Waals surface area (Å²) in [6.07, 6.45) is 5.13. The summed E-state index contributed by atoms with van der Waals surface area (Å²) in [7, 11) is 0. The molecule has 3 rings (SSSR count). The van der Waals surface area contributed by atoms with Gasteiger partial charge in [-0.2, -0.15) is 0 Å². The van der Waals surface area contributed by atoms with Crippen LogP contribution in [0.4, 0.5) is 4.79 Å². The van der Waals surface area contributed by atoms with Crippen LogP contribution in [0.25, 0.3) is 0 Å². The van der Waals surface area contributed by atoms with E-state index in [1.165, 1.54) is 11.1 Å². The Morgan fingerprint density at radius 1 is 1.20 bits per heavy atom. The number of ether oxygens (including phenoxy) is 3. The van der Waals surface area contributed by atoms with Crippen molar-refractivity contribution in [3.63, 3.8) is 0 Å². The van der Waals surface area contributed by atoms with Gasteiger partial charge in [0.05, 0.1) is 6.04 Å². The van der Waals surface area contributed by atoms with Gasteiger partial charge in [0.2, 0.25) is 5.79 Å². The highest BCUT2D eigenvalue weighted by molar-refractivity contribution is 5.84. The number of carbonyl (C=O) groups excluding carboxylic acids is 2. The number of hydrogen-bond donors (Lipinski definition) is 1. The summed E-state index contributed by atoms with van der Waals surface area (Å²) in [6.45, 7) is 17.5. The smallest absolute Gasteiger partial charge is 0.407 e. The number of cyclic esters (lactones) is 1. The lowest BCUT2D eigenvalue weighted by Gasteiger charge is -2.36. The van der Waals surface area contributed by atoms with Crippen LogP contribution in [0.5, 0.6) is 0 Å². The molecule has 0 radical (unpaired) electrons. The highest BCUT2D eigenvalue weighted by Gasteiger charge is 2.59. The van der Waals surface area contributed by atoms with Gasteiger partial charge < -0.3 is 19.5 Å². The number of esters is 1. The molecule has 35 heavy (non-hydrogen) atoms. The minimum atomic E-state index is -1.40. The van der Waals surface area contributed by atoms with Crippen LogP contribution in [-0.2, 0) is 38.3 Å². The Balaban J connectivity index is 1.99. The van der Waals surface area contributed by atoms with Crippen molar-refractivity contribution in [2.45, 2.75) is 117 Å². The standard InChI is InChI=1S/C28H44N2O5/c1-17(2)12-19-14-20-10-11-29-22(21(20)15-19)16-28(24(31)33-27(8,9)35-28)23(13-18(3)4)30-25(32)34-26(5,6)7/h10-11,17-19,23H,12-16H2,1-9H3,(H,30,32)/t19?,23-,28+/m0/s1. The first kappa shape index (κ1) is 27.4. The molecule has 1 fully saturated rings. The molecule has 7 heteroatoms. The molecule has 2 heterocycles. The van der Waals surface area contributed by atoms with E-state index in [2.05, 4.69) is 39.1 Å². The predicted octanol–water partition coefficient (Wildman–Crippen LogP) is 5.37. The largest absolute Gasteiger partial charge is 0.444 e. The molecule has 1 amide bonds. The SMILES string of the molecule is CC(C)CC1Cc2ccnc(C[C@]3([C@H](CC(C)C)NC(=O)OC(C)(C)C)OC(C)(C)OC3=O)c2C1. The number of pyridine rings is 1. The van der Waals surface area contributed by atoms with Gasteiger partial charge in [0.25, 0.3) is 0 Å². The molecule has 1 aliphatic carbocycles. The maximum Gasteiger partial charge on any atom is 0.407 e. The van der Waals surface area contributed by atoms with E-state index in [1.54, 1.807) is 13.8 Å². The molecule has 2 aliphatic rings. The summed E-state index contributed by atoms with van der Waals surface area (Å²) in [5, 5.41) is 2.96. The van der Waals surface area contributed by atoms with Gasteiger partial charge in [-0.25, -0.2) is 9.59 Å². The molecule has 1 unspecified atom stereocenters. The molecule has 3 atom stereocenters. The quantitative estimate of drug-likeness (QED) is 0.495. The molecule has 1 aromatic heterocycles. The normalized spacial score (nSPS) is 24.4. The van der Waals surface area contributed by atoms with Crippen molar-refractivity contribution in [2.75, 3.05) is 0 Å². The number of aromatic nitrogens is 1. The van der Waals surface area contributed by atoms with Gasteiger partial charge in [0, 0.05) is 32.2 Å². The first-order valence-corrected chi connectivity index (χ1v) is 13.0.